The Morgan fingerprint density at radius 1 is 0.767 bits per heavy atom. The van der Waals surface area contributed by atoms with E-state index in [1.54, 1.807) is 0 Å². The summed E-state index contributed by atoms with van der Waals surface area (Å²) in [6.45, 7) is 6.99. The lowest BCUT2D eigenvalue weighted by Crippen LogP contribution is -2.16. The minimum atomic E-state index is -0.000290. The highest BCUT2D eigenvalue weighted by atomic mass is 15.0. The van der Waals surface area contributed by atoms with Gasteiger partial charge in [-0.3, -0.25) is 0 Å². The molecule has 0 amide bonds. The molecule has 0 saturated carbocycles. The summed E-state index contributed by atoms with van der Waals surface area (Å²) in [5.41, 5.74) is 9.41. The molecule has 30 heavy (non-hydrogen) atoms. The highest BCUT2D eigenvalue weighted by molar-refractivity contribution is 6.16. The fourth-order valence-corrected chi connectivity index (χ4v) is 5.36. The van der Waals surface area contributed by atoms with E-state index < -0.39 is 0 Å². The van der Waals surface area contributed by atoms with E-state index in [1.807, 2.05) is 0 Å². The van der Waals surface area contributed by atoms with Crippen LogP contribution in [-0.4, -0.2) is 4.57 Å². The number of fused-ring (bicyclic) bond motifs is 6. The zero-order chi connectivity index (χ0) is 20.5. The minimum Gasteiger partial charge on any atom is -0.309 e. The van der Waals surface area contributed by atoms with Crippen LogP contribution in [0.1, 0.15) is 31.9 Å². The molecular formula is C29H25N. The summed E-state index contributed by atoms with van der Waals surface area (Å²) >= 11 is 0. The first-order valence-corrected chi connectivity index (χ1v) is 10.8. The van der Waals surface area contributed by atoms with Crippen molar-refractivity contribution in [3.05, 3.63) is 108 Å². The number of rotatable bonds is 1. The molecule has 4 aromatic rings. The van der Waals surface area contributed by atoms with Gasteiger partial charge in [-0.25, -0.2) is 0 Å². The lowest BCUT2D eigenvalue weighted by Gasteiger charge is -2.23. The summed E-state index contributed by atoms with van der Waals surface area (Å²) in [7, 11) is 0. The zero-order valence-electron chi connectivity index (χ0n) is 17.7. The van der Waals surface area contributed by atoms with Crippen molar-refractivity contribution in [2.24, 2.45) is 5.92 Å². The number of allylic oxidation sites excluding steroid dienone is 6. The molecule has 146 valence electrons. The van der Waals surface area contributed by atoms with Crippen molar-refractivity contribution in [1.82, 2.24) is 4.57 Å². The van der Waals surface area contributed by atoms with Gasteiger partial charge in [-0.1, -0.05) is 87.5 Å². The molecule has 1 heterocycles. The number of nitrogens with zero attached hydrogens (tertiary/aromatic N) is 1. The molecule has 0 fully saturated rings. The monoisotopic (exact) mass is 387 g/mol. The van der Waals surface area contributed by atoms with E-state index in [2.05, 4.69) is 116 Å². The summed E-state index contributed by atoms with van der Waals surface area (Å²) in [4.78, 5) is 0. The van der Waals surface area contributed by atoms with Crippen LogP contribution in [0.25, 0.3) is 33.1 Å². The second-order valence-corrected chi connectivity index (χ2v) is 9.10. The summed E-state index contributed by atoms with van der Waals surface area (Å²) in [6, 6.07) is 24.2. The first-order valence-electron chi connectivity index (χ1n) is 10.8. The molecule has 0 saturated heterocycles. The Hall–Kier alpha value is -3.32. The smallest absolute Gasteiger partial charge is 0.0547 e. The molecular weight excluding hydrogens is 362 g/mol. The van der Waals surface area contributed by atoms with Gasteiger partial charge in [0.25, 0.3) is 0 Å². The van der Waals surface area contributed by atoms with E-state index in [1.165, 1.54) is 49.8 Å². The Morgan fingerprint density at radius 2 is 1.50 bits per heavy atom. The van der Waals surface area contributed by atoms with Gasteiger partial charge in [-0.15, -0.1) is 0 Å². The minimum absolute atomic E-state index is 0.000290. The molecule has 0 radical (unpaired) electrons. The van der Waals surface area contributed by atoms with Crippen LogP contribution >= 0.6 is 0 Å². The van der Waals surface area contributed by atoms with Crippen LogP contribution < -0.4 is 0 Å². The molecule has 0 bridgehead atoms. The zero-order valence-corrected chi connectivity index (χ0v) is 17.7. The van der Waals surface area contributed by atoms with Gasteiger partial charge in [0.2, 0.25) is 0 Å². The molecule has 1 atom stereocenters. The standard InChI is InChI=1S/C29H25N/c1-19-13-15-21-23(16-14-19)29(2,3)24-17-18-26-28(27(21)24)22-11-7-8-12-25(22)30(26)20-9-5-4-6-10-20/h4-19H,1-3H3. The Balaban J connectivity index is 1.80. The van der Waals surface area contributed by atoms with Gasteiger partial charge >= 0.3 is 0 Å². The van der Waals surface area contributed by atoms with E-state index >= 15 is 0 Å². The van der Waals surface area contributed by atoms with Gasteiger partial charge in [0.05, 0.1) is 11.0 Å². The SMILES string of the molecule is CC1C=CC2=C(C=C1)C(C)(C)c1ccc3c(c12)c1ccccc1n3-c1ccccc1. The number of para-hydroxylation sites is 2. The maximum Gasteiger partial charge on any atom is 0.0547 e. The van der Waals surface area contributed by atoms with Gasteiger partial charge in [0.15, 0.2) is 0 Å². The van der Waals surface area contributed by atoms with Crippen molar-refractivity contribution in [3.63, 3.8) is 0 Å². The van der Waals surface area contributed by atoms with E-state index in [9.17, 15) is 0 Å². The van der Waals surface area contributed by atoms with Crippen molar-refractivity contribution in [1.29, 1.82) is 0 Å². The van der Waals surface area contributed by atoms with Crippen LogP contribution in [0.2, 0.25) is 0 Å². The Labute approximate surface area is 177 Å². The third-order valence-electron chi connectivity index (χ3n) is 6.89. The van der Waals surface area contributed by atoms with Crippen molar-refractivity contribution in [3.8, 4) is 5.69 Å². The average Bonchev–Trinajstić information content (AvgIpc) is 3.10. The fraction of sp³-hybridized carbons (Fsp3) is 0.172. The lowest BCUT2D eigenvalue weighted by molar-refractivity contribution is 0.654. The summed E-state index contributed by atoms with van der Waals surface area (Å²) in [6.07, 6.45) is 9.39. The van der Waals surface area contributed by atoms with Gasteiger partial charge in [-0.05, 0) is 52.5 Å². The Morgan fingerprint density at radius 3 is 2.33 bits per heavy atom. The normalized spacial score (nSPS) is 19.4. The molecule has 6 rings (SSSR count). The molecule has 2 aliphatic rings. The molecule has 2 aliphatic carbocycles. The van der Waals surface area contributed by atoms with Crippen LogP contribution in [0.3, 0.4) is 0 Å². The quantitative estimate of drug-likeness (QED) is 0.317. The highest BCUT2D eigenvalue weighted by Crippen LogP contribution is 2.52. The van der Waals surface area contributed by atoms with Gasteiger partial charge in [-0.2, -0.15) is 0 Å². The second kappa shape index (κ2) is 6.09. The van der Waals surface area contributed by atoms with Crippen molar-refractivity contribution in [2.75, 3.05) is 0 Å². The van der Waals surface area contributed by atoms with Crippen molar-refractivity contribution < 1.29 is 0 Å². The number of hydrogen-bond acceptors (Lipinski definition) is 0. The maximum atomic E-state index is 2.41. The van der Waals surface area contributed by atoms with Gasteiger partial charge in [0.1, 0.15) is 0 Å². The number of hydrogen-bond donors (Lipinski definition) is 0. The van der Waals surface area contributed by atoms with Crippen molar-refractivity contribution in [2.45, 2.75) is 26.2 Å². The predicted octanol–water partition coefficient (Wildman–Crippen LogP) is 7.59. The first kappa shape index (κ1) is 17.5. The van der Waals surface area contributed by atoms with E-state index in [-0.39, 0.29) is 5.41 Å². The first-order chi connectivity index (χ1) is 14.6. The number of benzene rings is 3. The Kier molecular flexibility index (Phi) is 3.56. The summed E-state index contributed by atoms with van der Waals surface area (Å²) in [5, 5.41) is 2.70. The third-order valence-corrected chi connectivity index (χ3v) is 6.89. The molecule has 1 unspecified atom stereocenters. The van der Waals surface area contributed by atoms with Crippen LogP contribution in [0.15, 0.2) is 96.6 Å². The largest absolute Gasteiger partial charge is 0.309 e. The average molecular weight is 388 g/mol. The molecule has 0 N–H and O–H groups in total. The molecule has 3 aromatic carbocycles. The molecule has 1 aromatic heterocycles. The van der Waals surface area contributed by atoms with E-state index in [0.717, 1.165) is 0 Å². The van der Waals surface area contributed by atoms with Gasteiger partial charge < -0.3 is 4.57 Å². The summed E-state index contributed by atoms with van der Waals surface area (Å²) < 4.78 is 2.41. The molecule has 0 spiro atoms. The fourth-order valence-electron chi connectivity index (χ4n) is 5.36. The maximum absolute atomic E-state index is 2.41. The van der Waals surface area contributed by atoms with E-state index in [0.29, 0.717) is 5.92 Å². The second-order valence-electron chi connectivity index (χ2n) is 9.10. The van der Waals surface area contributed by atoms with Crippen LogP contribution in [0.4, 0.5) is 0 Å². The van der Waals surface area contributed by atoms with Crippen molar-refractivity contribution >= 4 is 27.4 Å². The van der Waals surface area contributed by atoms with Crippen LogP contribution in [0, 0.1) is 5.92 Å². The van der Waals surface area contributed by atoms with Gasteiger partial charge in [0, 0.05) is 21.9 Å². The topological polar surface area (TPSA) is 4.93 Å². The highest BCUT2D eigenvalue weighted by Gasteiger charge is 2.38. The summed E-state index contributed by atoms with van der Waals surface area (Å²) in [5.74, 6) is 0.458. The lowest BCUT2D eigenvalue weighted by atomic mass is 9.80. The molecule has 0 aliphatic heterocycles. The molecule has 1 nitrogen and oxygen atoms in total. The number of aromatic nitrogens is 1. The third kappa shape index (κ3) is 2.24. The molecule has 1 heteroatoms. The van der Waals surface area contributed by atoms with E-state index in [4.69, 9.17) is 0 Å². The van der Waals surface area contributed by atoms with Crippen LogP contribution in [0.5, 0.6) is 0 Å². The van der Waals surface area contributed by atoms with Crippen LogP contribution in [-0.2, 0) is 5.41 Å². The Bertz CT molecular complexity index is 1410. The predicted molar refractivity (Wildman–Crippen MR) is 128 cm³/mol.